The van der Waals surface area contributed by atoms with Gasteiger partial charge in [-0.2, -0.15) is 5.10 Å². The lowest BCUT2D eigenvalue weighted by molar-refractivity contribution is -0.119. The van der Waals surface area contributed by atoms with Gasteiger partial charge in [0.25, 0.3) is 5.91 Å². The maximum Gasteiger partial charge on any atom is 0.259 e. The number of anilines is 1. The lowest BCUT2D eigenvalue weighted by Gasteiger charge is -2.07. The zero-order valence-electron chi connectivity index (χ0n) is 16.2. The van der Waals surface area contributed by atoms with E-state index in [0.717, 1.165) is 16.8 Å². The Morgan fingerprint density at radius 3 is 2.52 bits per heavy atom. The van der Waals surface area contributed by atoms with Crippen molar-refractivity contribution in [3.63, 3.8) is 0 Å². The number of hydrazone groups is 1. The van der Waals surface area contributed by atoms with Gasteiger partial charge in [0.1, 0.15) is 0 Å². The van der Waals surface area contributed by atoms with Crippen LogP contribution in [0.1, 0.15) is 43.4 Å². The molecular weight excluding hydrogens is 449 g/mol. The van der Waals surface area contributed by atoms with Crippen molar-refractivity contribution in [1.82, 2.24) is 5.43 Å². The van der Waals surface area contributed by atoms with Gasteiger partial charge in [-0.3, -0.25) is 4.79 Å². The van der Waals surface area contributed by atoms with Gasteiger partial charge in [-0.1, -0.05) is 44.2 Å². The Bertz CT molecular complexity index is 839. The third-order valence-corrected chi connectivity index (χ3v) is 5.28. The molecule has 2 aromatic rings. The van der Waals surface area contributed by atoms with Crippen LogP contribution >= 0.6 is 22.6 Å². The van der Waals surface area contributed by atoms with E-state index in [4.69, 9.17) is 0 Å². The number of nitrogens with one attached hydrogen (secondary N) is 2. The van der Waals surface area contributed by atoms with Gasteiger partial charge in [0.15, 0.2) is 0 Å². The molecule has 0 fully saturated rings. The normalized spacial score (nSPS) is 11.9. The van der Waals surface area contributed by atoms with Gasteiger partial charge >= 0.3 is 0 Å². The third kappa shape index (κ3) is 7.17. The standard InChI is InChI=1S/C22H26IN3O/c1-15(2)19-7-5-18(6-8-19)11-16(3)13-25-26-22(27)14-24-20-9-10-21(23)17(4)12-20/h5-13,15,24H,14H2,1-4H3,(H,26,27)/b16-11-,25-13+. The highest BCUT2D eigenvalue weighted by Gasteiger charge is 2.01. The monoisotopic (exact) mass is 475 g/mol. The van der Waals surface area contributed by atoms with Crippen molar-refractivity contribution in [3.05, 3.63) is 68.3 Å². The molecule has 142 valence electrons. The highest BCUT2D eigenvalue weighted by Crippen LogP contribution is 2.17. The molecule has 0 aliphatic rings. The van der Waals surface area contributed by atoms with Gasteiger partial charge in [0, 0.05) is 9.26 Å². The number of carbonyl (C=O) groups is 1. The Balaban J connectivity index is 1.82. The summed E-state index contributed by atoms with van der Waals surface area (Å²) in [5, 5.41) is 7.12. The largest absolute Gasteiger partial charge is 0.376 e. The minimum Gasteiger partial charge on any atom is -0.376 e. The van der Waals surface area contributed by atoms with Gasteiger partial charge < -0.3 is 5.32 Å². The zero-order valence-corrected chi connectivity index (χ0v) is 18.4. The zero-order chi connectivity index (χ0) is 19.8. The summed E-state index contributed by atoms with van der Waals surface area (Å²) in [5.74, 6) is 0.342. The number of benzene rings is 2. The molecule has 0 saturated heterocycles. The molecule has 0 radical (unpaired) electrons. The Labute approximate surface area is 175 Å². The van der Waals surface area contributed by atoms with Crippen LogP contribution in [0.5, 0.6) is 0 Å². The summed E-state index contributed by atoms with van der Waals surface area (Å²) in [6, 6.07) is 14.5. The SMILES string of the molecule is CC(=C/c1ccc(C(C)C)cc1)/C=N/NC(=O)CNc1ccc(I)c(C)c1. The first-order valence-corrected chi connectivity index (χ1v) is 10.0. The van der Waals surface area contributed by atoms with Crippen LogP contribution in [0.25, 0.3) is 6.08 Å². The van der Waals surface area contributed by atoms with E-state index >= 15 is 0 Å². The quantitative estimate of drug-likeness (QED) is 0.323. The topological polar surface area (TPSA) is 53.5 Å². The second-order valence-corrected chi connectivity index (χ2v) is 7.98. The average Bonchev–Trinajstić information content (AvgIpc) is 2.63. The molecule has 2 aromatic carbocycles. The number of aryl methyl sites for hydroxylation is 1. The van der Waals surface area contributed by atoms with Gasteiger partial charge in [0.05, 0.1) is 12.8 Å². The second-order valence-electron chi connectivity index (χ2n) is 6.82. The first kappa shape index (κ1) is 21.2. The van der Waals surface area contributed by atoms with E-state index in [0.29, 0.717) is 5.92 Å². The molecule has 0 aromatic heterocycles. The number of amides is 1. The van der Waals surface area contributed by atoms with E-state index in [9.17, 15) is 4.79 Å². The molecule has 0 atom stereocenters. The van der Waals surface area contributed by atoms with Crippen molar-refractivity contribution in [3.8, 4) is 0 Å². The van der Waals surface area contributed by atoms with Crippen molar-refractivity contribution >= 4 is 46.5 Å². The Kier molecular flexibility index (Phi) is 8.03. The minimum absolute atomic E-state index is 0.177. The van der Waals surface area contributed by atoms with E-state index in [1.54, 1.807) is 6.21 Å². The molecule has 2 rings (SSSR count). The van der Waals surface area contributed by atoms with Crippen molar-refractivity contribution in [2.24, 2.45) is 5.10 Å². The van der Waals surface area contributed by atoms with Crippen LogP contribution in [0, 0.1) is 10.5 Å². The summed E-state index contributed by atoms with van der Waals surface area (Å²) in [5.41, 5.74) is 8.05. The third-order valence-electron chi connectivity index (χ3n) is 4.07. The number of allylic oxidation sites excluding steroid dienone is 1. The second kappa shape index (κ2) is 10.3. The van der Waals surface area contributed by atoms with E-state index < -0.39 is 0 Å². The summed E-state index contributed by atoms with van der Waals surface area (Å²) in [7, 11) is 0. The number of hydrogen-bond acceptors (Lipinski definition) is 3. The highest BCUT2D eigenvalue weighted by molar-refractivity contribution is 14.1. The molecule has 27 heavy (non-hydrogen) atoms. The lowest BCUT2D eigenvalue weighted by Crippen LogP contribution is -2.25. The maximum absolute atomic E-state index is 11.9. The van der Waals surface area contributed by atoms with Crippen LogP contribution in [0.2, 0.25) is 0 Å². The maximum atomic E-state index is 11.9. The smallest absolute Gasteiger partial charge is 0.259 e. The molecular formula is C22H26IN3O. The average molecular weight is 475 g/mol. The predicted octanol–water partition coefficient (Wildman–Crippen LogP) is 5.34. The molecule has 1 amide bonds. The van der Waals surface area contributed by atoms with Crippen LogP contribution in [0.15, 0.2) is 53.1 Å². The van der Waals surface area contributed by atoms with Crippen molar-refractivity contribution in [1.29, 1.82) is 0 Å². The number of carbonyl (C=O) groups excluding carboxylic acids is 1. The summed E-state index contributed by atoms with van der Waals surface area (Å²) >= 11 is 2.29. The van der Waals surface area contributed by atoms with Crippen molar-refractivity contribution in [2.75, 3.05) is 11.9 Å². The first-order chi connectivity index (χ1) is 12.8. The van der Waals surface area contributed by atoms with Crippen LogP contribution < -0.4 is 10.7 Å². The van der Waals surface area contributed by atoms with Gasteiger partial charge in [-0.15, -0.1) is 0 Å². The van der Waals surface area contributed by atoms with Gasteiger partial charge in [0.2, 0.25) is 0 Å². The summed E-state index contributed by atoms with van der Waals surface area (Å²) in [6.45, 7) is 8.54. The first-order valence-electron chi connectivity index (χ1n) is 8.95. The summed E-state index contributed by atoms with van der Waals surface area (Å²) in [4.78, 5) is 11.9. The van der Waals surface area contributed by atoms with Crippen LogP contribution in [-0.2, 0) is 4.79 Å². The van der Waals surface area contributed by atoms with Crippen LogP contribution in [0.3, 0.4) is 0 Å². The van der Waals surface area contributed by atoms with Gasteiger partial charge in [-0.05, 0) is 82.8 Å². The molecule has 0 unspecified atom stereocenters. The fourth-order valence-electron chi connectivity index (χ4n) is 2.46. The van der Waals surface area contributed by atoms with Crippen molar-refractivity contribution in [2.45, 2.75) is 33.6 Å². The van der Waals surface area contributed by atoms with E-state index in [1.165, 1.54) is 14.7 Å². The molecule has 4 nitrogen and oxygen atoms in total. The van der Waals surface area contributed by atoms with Crippen LogP contribution in [-0.4, -0.2) is 18.7 Å². The molecule has 0 heterocycles. The lowest BCUT2D eigenvalue weighted by atomic mass is 10.0. The fourth-order valence-corrected chi connectivity index (χ4v) is 2.80. The predicted molar refractivity (Wildman–Crippen MR) is 123 cm³/mol. The summed E-state index contributed by atoms with van der Waals surface area (Å²) < 4.78 is 1.20. The molecule has 2 N–H and O–H groups in total. The Morgan fingerprint density at radius 2 is 1.89 bits per heavy atom. The Hall–Kier alpha value is -2.15. The molecule has 0 spiro atoms. The Morgan fingerprint density at radius 1 is 1.19 bits per heavy atom. The van der Waals surface area contributed by atoms with E-state index in [-0.39, 0.29) is 12.5 Å². The molecule has 0 bridgehead atoms. The number of nitrogens with zero attached hydrogens (tertiary/aromatic N) is 1. The molecule has 0 aliphatic heterocycles. The highest BCUT2D eigenvalue weighted by atomic mass is 127. The van der Waals surface area contributed by atoms with Crippen molar-refractivity contribution < 1.29 is 4.79 Å². The number of halogens is 1. The fraction of sp³-hybridized carbons (Fsp3) is 0.273. The minimum atomic E-state index is -0.184. The number of hydrogen-bond donors (Lipinski definition) is 2. The summed E-state index contributed by atoms with van der Waals surface area (Å²) in [6.07, 6.45) is 3.69. The van der Waals surface area contributed by atoms with Gasteiger partial charge in [-0.25, -0.2) is 5.43 Å². The van der Waals surface area contributed by atoms with E-state index in [1.807, 2.05) is 38.1 Å². The molecule has 0 aliphatic carbocycles. The molecule has 5 heteroatoms. The van der Waals surface area contributed by atoms with Crippen LogP contribution in [0.4, 0.5) is 5.69 Å². The molecule has 0 saturated carbocycles. The number of rotatable bonds is 7. The van der Waals surface area contributed by atoms with E-state index in [2.05, 4.69) is 76.5 Å².